The third-order valence-electron chi connectivity index (χ3n) is 3.63. The number of nitrogens with zero attached hydrogens (tertiary/aromatic N) is 3. The first kappa shape index (κ1) is 13.0. The summed E-state index contributed by atoms with van der Waals surface area (Å²) in [5, 5.41) is 3.50. The number of nitrogens with one attached hydrogen (secondary N) is 1. The van der Waals surface area contributed by atoms with Crippen molar-refractivity contribution < 1.29 is 4.74 Å². The number of likely N-dealkylation sites (N-methyl/N-ethyl adjacent to an activating group) is 1. The molecule has 1 aromatic rings. The molecule has 0 bridgehead atoms. The minimum Gasteiger partial charge on any atom is -0.368 e. The average Bonchev–Trinajstić information content (AvgIpc) is 3.20. The van der Waals surface area contributed by atoms with Gasteiger partial charge in [-0.1, -0.05) is 0 Å². The zero-order valence-corrected chi connectivity index (χ0v) is 11.7. The molecule has 19 heavy (non-hydrogen) atoms. The van der Waals surface area contributed by atoms with Crippen LogP contribution in [-0.4, -0.2) is 47.7 Å². The number of aryl methyl sites for hydroxylation is 1. The Labute approximate surface area is 114 Å². The summed E-state index contributed by atoms with van der Waals surface area (Å²) in [5.41, 5.74) is 2.10. The standard InChI is InChI=1S/C14H22N4O/c1-10-7-12(8-15-11-3-4-11)17-14(16-10)13-9-18(2)5-6-19-13/h7,11,13,15H,3-6,8-9H2,1-2H3. The molecule has 1 saturated carbocycles. The van der Waals surface area contributed by atoms with Gasteiger partial charge >= 0.3 is 0 Å². The van der Waals surface area contributed by atoms with E-state index in [1.807, 2.05) is 6.92 Å². The molecule has 1 unspecified atom stereocenters. The number of hydrogen-bond acceptors (Lipinski definition) is 5. The third-order valence-corrected chi connectivity index (χ3v) is 3.63. The number of hydrogen-bond donors (Lipinski definition) is 1. The monoisotopic (exact) mass is 262 g/mol. The smallest absolute Gasteiger partial charge is 0.158 e. The fraction of sp³-hybridized carbons (Fsp3) is 0.714. The van der Waals surface area contributed by atoms with Crippen LogP contribution in [0.2, 0.25) is 0 Å². The molecule has 0 amide bonds. The fourth-order valence-corrected chi connectivity index (χ4v) is 2.36. The number of rotatable bonds is 4. The topological polar surface area (TPSA) is 50.3 Å². The average molecular weight is 262 g/mol. The quantitative estimate of drug-likeness (QED) is 0.878. The summed E-state index contributed by atoms with van der Waals surface area (Å²) in [7, 11) is 2.11. The first-order chi connectivity index (χ1) is 9.20. The maximum atomic E-state index is 5.80. The van der Waals surface area contributed by atoms with Gasteiger partial charge in [-0.05, 0) is 32.9 Å². The summed E-state index contributed by atoms with van der Waals surface area (Å²) in [4.78, 5) is 11.5. The van der Waals surface area contributed by atoms with Gasteiger partial charge < -0.3 is 15.0 Å². The minimum atomic E-state index is 0.0123. The highest BCUT2D eigenvalue weighted by Crippen LogP contribution is 2.21. The lowest BCUT2D eigenvalue weighted by Crippen LogP contribution is -2.36. The zero-order valence-electron chi connectivity index (χ0n) is 11.7. The molecule has 1 aliphatic heterocycles. The van der Waals surface area contributed by atoms with Crippen molar-refractivity contribution in [2.24, 2.45) is 0 Å². The maximum absolute atomic E-state index is 5.80. The van der Waals surface area contributed by atoms with Crippen molar-refractivity contribution in [1.82, 2.24) is 20.2 Å². The zero-order chi connectivity index (χ0) is 13.2. The van der Waals surface area contributed by atoms with E-state index in [0.717, 1.165) is 43.5 Å². The summed E-state index contributed by atoms with van der Waals surface area (Å²) in [6.07, 6.45) is 2.61. The van der Waals surface area contributed by atoms with Crippen LogP contribution in [0.4, 0.5) is 0 Å². The van der Waals surface area contributed by atoms with Crippen LogP contribution in [0.15, 0.2) is 6.07 Å². The van der Waals surface area contributed by atoms with E-state index in [-0.39, 0.29) is 6.10 Å². The Hall–Kier alpha value is -1.04. The Balaban J connectivity index is 1.72. The molecular weight excluding hydrogens is 240 g/mol. The van der Waals surface area contributed by atoms with Crippen LogP contribution in [0, 0.1) is 6.92 Å². The summed E-state index contributed by atoms with van der Waals surface area (Å²) >= 11 is 0. The van der Waals surface area contributed by atoms with E-state index >= 15 is 0 Å². The van der Waals surface area contributed by atoms with Crippen LogP contribution in [0.5, 0.6) is 0 Å². The Kier molecular flexibility index (Phi) is 3.77. The Morgan fingerprint density at radius 1 is 1.42 bits per heavy atom. The third kappa shape index (κ3) is 3.49. The highest BCUT2D eigenvalue weighted by atomic mass is 16.5. The summed E-state index contributed by atoms with van der Waals surface area (Å²) in [6.45, 7) is 5.48. The van der Waals surface area contributed by atoms with Gasteiger partial charge in [-0.15, -0.1) is 0 Å². The molecule has 5 nitrogen and oxygen atoms in total. The first-order valence-electron chi connectivity index (χ1n) is 7.09. The minimum absolute atomic E-state index is 0.0123. The summed E-state index contributed by atoms with van der Waals surface area (Å²) < 4.78 is 5.80. The second-order valence-electron chi connectivity index (χ2n) is 5.64. The van der Waals surface area contributed by atoms with E-state index in [1.165, 1.54) is 12.8 Å². The number of ether oxygens (including phenoxy) is 1. The van der Waals surface area contributed by atoms with Crippen molar-refractivity contribution >= 4 is 0 Å². The van der Waals surface area contributed by atoms with Gasteiger partial charge in [0.15, 0.2) is 5.82 Å². The fourth-order valence-electron chi connectivity index (χ4n) is 2.36. The van der Waals surface area contributed by atoms with E-state index in [1.54, 1.807) is 0 Å². The van der Waals surface area contributed by atoms with E-state index < -0.39 is 0 Å². The highest BCUT2D eigenvalue weighted by Gasteiger charge is 2.23. The summed E-state index contributed by atoms with van der Waals surface area (Å²) in [5.74, 6) is 0.833. The molecule has 0 radical (unpaired) electrons. The predicted molar refractivity (Wildman–Crippen MR) is 72.8 cm³/mol. The van der Waals surface area contributed by atoms with Crippen LogP contribution in [0.25, 0.3) is 0 Å². The normalized spacial score (nSPS) is 24.6. The molecular formula is C14H22N4O. The van der Waals surface area contributed by atoms with Gasteiger partial charge in [0.1, 0.15) is 6.10 Å². The lowest BCUT2D eigenvalue weighted by molar-refractivity contribution is -0.0256. The van der Waals surface area contributed by atoms with Gasteiger partial charge in [0.2, 0.25) is 0 Å². The van der Waals surface area contributed by atoms with Crippen molar-refractivity contribution in [2.45, 2.75) is 38.5 Å². The molecule has 3 rings (SSSR count). The largest absolute Gasteiger partial charge is 0.368 e. The van der Waals surface area contributed by atoms with Gasteiger partial charge in [0.25, 0.3) is 0 Å². The molecule has 5 heteroatoms. The van der Waals surface area contributed by atoms with E-state index in [4.69, 9.17) is 4.74 Å². The van der Waals surface area contributed by atoms with E-state index in [0.29, 0.717) is 6.04 Å². The molecule has 1 saturated heterocycles. The molecule has 1 atom stereocenters. The lowest BCUT2D eigenvalue weighted by Gasteiger charge is -2.29. The van der Waals surface area contributed by atoms with Crippen molar-refractivity contribution in [3.05, 3.63) is 23.3 Å². The van der Waals surface area contributed by atoms with E-state index in [2.05, 4.69) is 33.3 Å². The van der Waals surface area contributed by atoms with Crippen LogP contribution in [0.3, 0.4) is 0 Å². The summed E-state index contributed by atoms with van der Waals surface area (Å²) in [6, 6.07) is 2.77. The maximum Gasteiger partial charge on any atom is 0.158 e. The molecule has 0 spiro atoms. The second-order valence-corrected chi connectivity index (χ2v) is 5.64. The lowest BCUT2D eigenvalue weighted by atomic mass is 10.2. The van der Waals surface area contributed by atoms with Crippen LogP contribution < -0.4 is 5.32 Å². The van der Waals surface area contributed by atoms with Crippen molar-refractivity contribution in [2.75, 3.05) is 26.7 Å². The molecule has 104 valence electrons. The Morgan fingerprint density at radius 2 is 2.26 bits per heavy atom. The SMILES string of the molecule is Cc1cc(CNC2CC2)nc(C2CN(C)CCO2)n1. The van der Waals surface area contributed by atoms with Gasteiger partial charge in [-0.2, -0.15) is 0 Å². The molecule has 1 aliphatic carbocycles. The molecule has 1 N–H and O–H groups in total. The Morgan fingerprint density at radius 3 is 3.00 bits per heavy atom. The van der Waals surface area contributed by atoms with E-state index in [9.17, 15) is 0 Å². The van der Waals surface area contributed by atoms with Crippen molar-refractivity contribution in [3.8, 4) is 0 Å². The van der Waals surface area contributed by atoms with Gasteiger partial charge in [0.05, 0.1) is 12.3 Å². The molecule has 2 heterocycles. The first-order valence-corrected chi connectivity index (χ1v) is 7.09. The van der Waals surface area contributed by atoms with Gasteiger partial charge in [-0.3, -0.25) is 0 Å². The number of morpholine rings is 1. The second kappa shape index (κ2) is 5.53. The van der Waals surface area contributed by atoms with Gasteiger partial charge in [0, 0.05) is 31.4 Å². The molecule has 2 aliphatic rings. The molecule has 0 aromatic carbocycles. The van der Waals surface area contributed by atoms with Crippen LogP contribution in [0.1, 0.15) is 36.2 Å². The van der Waals surface area contributed by atoms with Crippen LogP contribution in [-0.2, 0) is 11.3 Å². The van der Waals surface area contributed by atoms with Crippen molar-refractivity contribution in [3.63, 3.8) is 0 Å². The molecule has 1 aromatic heterocycles. The van der Waals surface area contributed by atoms with Crippen molar-refractivity contribution in [1.29, 1.82) is 0 Å². The number of aromatic nitrogens is 2. The molecule has 2 fully saturated rings. The van der Waals surface area contributed by atoms with Crippen LogP contribution >= 0.6 is 0 Å². The predicted octanol–water partition coefficient (Wildman–Crippen LogP) is 1.04. The van der Waals surface area contributed by atoms with Gasteiger partial charge in [-0.25, -0.2) is 9.97 Å². The highest BCUT2D eigenvalue weighted by molar-refractivity contribution is 5.12. The Bertz CT molecular complexity index is 447.